The number of Topliss-reactive ketones (excluding diaryl/α,β-unsaturated/α-hetero) is 1. The van der Waals surface area contributed by atoms with Gasteiger partial charge in [-0.1, -0.05) is 67.6 Å². The van der Waals surface area contributed by atoms with Crippen LogP contribution in [0.15, 0.2) is 66.3 Å². The SMILES string of the molecule is C[C@H](/C=C/C1=CCC(=O)[C@@H]1C/C=C\CCCC(=O)NCC1CC1)CCc1ccccc1. The maximum Gasteiger partial charge on any atom is 0.220 e. The second-order valence-electron chi connectivity index (χ2n) is 9.13. The van der Waals surface area contributed by atoms with Gasteiger partial charge in [-0.15, -0.1) is 0 Å². The Morgan fingerprint density at radius 3 is 2.77 bits per heavy atom. The van der Waals surface area contributed by atoms with Gasteiger partial charge < -0.3 is 5.32 Å². The van der Waals surface area contributed by atoms with Gasteiger partial charge in [-0.3, -0.25) is 9.59 Å². The van der Waals surface area contributed by atoms with Crippen molar-refractivity contribution in [2.45, 2.75) is 64.7 Å². The minimum absolute atomic E-state index is 0.00402. The number of carbonyl (C=O) groups excluding carboxylic acids is 2. The molecule has 0 spiro atoms. The lowest BCUT2D eigenvalue weighted by atomic mass is 9.94. The van der Waals surface area contributed by atoms with Gasteiger partial charge in [0, 0.05) is 25.3 Å². The normalized spacial score (nSPS) is 19.8. The molecule has 2 atom stereocenters. The number of benzene rings is 1. The molecule has 1 N–H and O–H groups in total. The lowest BCUT2D eigenvalue weighted by Crippen LogP contribution is -2.24. The monoisotopic (exact) mass is 419 g/mol. The predicted molar refractivity (Wildman–Crippen MR) is 128 cm³/mol. The first kappa shape index (κ1) is 23.2. The molecule has 0 heterocycles. The van der Waals surface area contributed by atoms with E-state index in [1.807, 2.05) is 0 Å². The Bertz CT molecular complexity index is 802. The third kappa shape index (κ3) is 8.69. The average Bonchev–Trinajstić information content (AvgIpc) is 3.55. The van der Waals surface area contributed by atoms with E-state index in [4.69, 9.17) is 0 Å². The van der Waals surface area contributed by atoms with E-state index in [1.165, 1.54) is 24.0 Å². The Balaban J connectivity index is 1.34. The molecule has 0 bridgehead atoms. The van der Waals surface area contributed by atoms with Gasteiger partial charge in [-0.2, -0.15) is 0 Å². The third-order valence-electron chi connectivity index (χ3n) is 6.28. The molecule has 166 valence electrons. The van der Waals surface area contributed by atoms with Crippen molar-refractivity contribution in [3.63, 3.8) is 0 Å². The summed E-state index contributed by atoms with van der Waals surface area (Å²) in [5, 5.41) is 3.01. The number of carbonyl (C=O) groups is 2. The maximum absolute atomic E-state index is 12.3. The number of hydrogen-bond donors (Lipinski definition) is 1. The molecule has 1 fully saturated rings. The summed E-state index contributed by atoms with van der Waals surface area (Å²) in [7, 11) is 0. The van der Waals surface area contributed by atoms with E-state index in [-0.39, 0.29) is 11.8 Å². The Morgan fingerprint density at radius 1 is 1.19 bits per heavy atom. The van der Waals surface area contributed by atoms with Gasteiger partial charge in [0.2, 0.25) is 5.91 Å². The van der Waals surface area contributed by atoms with Crippen molar-refractivity contribution in [1.29, 1.82) is 0 Å². The molecule has 2 aliphatic rings. The van der Waals surface area contributed by atoms with Gasteiger partial charge in [0.1, 0.15) is 5.78 Å². The number of unbranched alkanes of at least 4 members (excludes halogenated alkanes) is 1. The van der Waals surface area contributed by atoms with Crippen molar-refractivity contribution in [2.24, 2.45) is 17.8 Å². The number of nitrogens with one attached hydrogen (secondary N) is 1. The van der Waals surface area contributed by atoms with E-state index in [1.54, 1.807) is 0 Å². The summed E-state index contributed by atoms with van der Waals surface area (Å²) in [4.78, 5) is 24.1. The Morgan fingerprint density at radius 2 is 2.00 bits per heavy atom. The summed E-state index contributed by atoms with van der Waals surface area (Å²) in [6, 6.07) is 10.6. The summed E-state index contributed by atoms with van der Waals surface area (Å²) in [6.45, 7) is 3.10. The lowest BCUT2D eigenvalue weighted by molar-refractivity contribution is -0.121. The minimum atomic E-state index is -0.00402. The van der Waals surface area contributed by atoms with E-state index in [0.717, 1.165) is 44.6 Å². The molecular formula is C28H37NO2. The van der Waals surface area contributed by atoms with Crippen molar-refractivity contribution in [3.8, 4) is 0 Å². The first-order valence-electron chi connectivity index (χ1n) is 12.0. The molecule has 3 nitrogen and oxygen atoms in total. The van der Waals surface area contributed by atoms with Gasteiger partial charge in [-0.05, 0) is 67.9 Å². The molecule has 3 heteroatoms. The summed E-state index contributed by atoms with van der Waals surface area (Å²) in [5.74, 6) is 1.70. The van der Waals surface area contributed by atoms with Crippen LogP contribution in [-0.2, 0) is 16.0 Å². The van der Waals surface area contributed by atoms with Crippen LogP contribution in [0.25, 0.3) is 0 Å². The molecule has 1 aromatic rings. The Labute approximate surface area is 187 Å². The molecule has 0 aliphatic heterocycles. The van der Waals surface area contributed by atoms with Crippen LogP contribution in [0, 0.1) is 17.8 Å². The molecule has 0 radical (unpaired) electrons. The minimum Gasteiger partial charge on any atom is -0.356 e. The fourth-order valence-corrected chi connectivity index (χ4v) is 3.95. The Hall–Kier alpha value is -2.42. The summed E-state index contributed by atoms with van der Waals surface area (Å²) >= 11 is 0. The molecule has 1 saturated carbocycles. The van der Waals surface area contributed by atoms with E-state index in [9.17, 15) is 9.59 Å². The van der Waals surface area contributed by atoms with Crippen LogP contribution in [0.5, 0.6) is 0 Å². The van der Waals surface area contributed by atoms with Crippen molar-refractivity contribution >= 4 is 11.7 Å². The number of allylic oxidation sites excluding steroid dienone is 6. The zero-order valence-corrected chi connectivity index (χ0v) is 18.9. The average molecular weight is 420 g/mol. The summed E-state index contributed by atoms with van der Waals surface area (Å²) in [6.07, 6.45) is 19.2. The molecule has 1 amide bonds. The quantitative estimate of drug-likeness (QED) is 0.316. The van der Waals surface area contributed by atoms with Gasteiger partial charge in [0.25, 0.3) is 0 Å². The molecule has 3 rings (SSSR count). The first-order chi connectivity index (χ1) is 15.1. The van der Waals surface area contributed by atoms with Crippen LogP contribution in [-0.4, -0.2) is 18.2 Å². The van der Waals surface area contributed by atoms with Gasteiger partial charge in [0.15, 0.2) is 0 Å². The predicted octanol–water partition coefficient (Wildman–Crippen LogP) is 5.97. The molecule has 2 aliphatic carbocycles. The zero-order chi connectivity index (χ0) is 21.9. The standard InChI is InChI=1S/C28H37NO2/c1-22(13-15-23-9-5-4-6-10-23)14-18-25-19-20-27(30)26(25)11-7-2-3-8-12-28(31)29-21-24-16-17-24/h2,4-7,9-10,14,18-19,22,24,26H,3,8,11-13,15-17,20-21H2,1H3,(H,29,31)/b7-2-,18-14+/t22-,26+/m0/s1. The van der Waals surface area contributed by atoms with Gasteiger partial charge in [0.05, 0.1) is 0 Å². The highest BCUT2D eigenvalue weighted by Gasteiger charge is 2.24. The fraction of sp³-hybridized carbons (Fsp3) is 0.500. The number of rotatable bonds is 13. The number of hydrogen-bond acceptors (Lipinski definition) is 2. The van der Waals surface area contributed by atoms with Crippen LogP contribution in [0.2, 0.25) is 0 Å². The zero-order valence-electron chi connectivity index (χ0n) is 18.9. The van der Waals surface area contributed by atoms with Crippen molar-refractivity contribution in [1.82, 2.24) is 5.32 Å². The van der Waals surface area contributed by atoms with E-state index < -0.39 is 0 Å². The van der Waals surface area contributed by atoms with Gasteiger partial charge >= 0.3 is 0 Å². The second kappa shape index (κ2) is 12.4. The van der Waals surface area contributed by atoms with Crippen molar-refractivity contribution < 1.29 is 9.59 Å². The highest BCUT2D eigenvalue weighted by Crippen LogP contribution is 2.28. The van der Waals surface area contributed by atoms with E-state index in [2.05, 4.69) is 73.0 Å². The van der Waals surface area contributed by atoms with E-state index >= 15 is 0 Å². The van der Waals surface area contributed by atoms with Crippen LogP contribution >= 0.6 is 0 Å². The maximum atomic E-state index is 12.3. The lowest BCUT2D eigenvalue weighted by Gasteiger charge is -2.10. The highest BCUT2D eigenvalue weighted by molar-refractivity contribution is 5.89. The van der Waals surface area contributed by atoms with Crippen LogP contribution < -0.4 is 5.32 Å². The second-order valence-corrected chi connectivity index (χ2v) is 9.13. The molecule has 0 unspecified atom stereocenters. The topological polar surface area (TPSA) is 46.2 Å². The molecule has 0 saturated heterocycles. The molecule has 1 aromatic carbocycles. The smallest absolute Gasteiger partial charge is 0.220 e. The molecular weight excluding hydrogens is 382 g/mol. The molecule has 0 aromatic heterocycles. The number of amides is 1. The molecule has 31 heavy (non-hydrogen) atoms. The number of aryl methyl sites for hydroxylation is 1. The highest BCUT2D eigenvalue weighted by atomic mass is 16.1. The summed E-state index contributed by atoms with van der Waals surface area (Å²) < 4.78 is 0. The van der Waals surface area contributed by atoms with Crippen LogP contribution in [0.3, 0.4) is 0 Å². The van der Waals surface area contributed by atoms with Crippen LogP contribution in [0.1, 0.15) is 63.9 Å². The van der Waals surface area contributed by atoms with Crippen LogP contribution in [0.4, 0.5) is 0 Å². The van der Waals surface area contributed by atoms with Crippen molar-refractivity contribution in [3.05, 3.63) is 71.8 Å². The largest absolute Gasteiger partial charge is 0.356 e. The third-order valence-corrected chi connectivity index (χ3v) is 6.28. The first-order valence-corrected chi connectivity index (χ1v) is 12.0. The van der Waals surface area contributed by atoms with Crippen molar-refractivity contribution in [2.75, 3.05) is 6.54 Å². The van der Waals surface area contributed by atoms with Gasteiger partial charge in [-0.25, -0.2) is 0 Å². The summed E-state index contributed by atoms with van der Waals surface area (Å²) in [5.41, 5.74) is 2.54. The number of ketones is 1. The Kier molecular flexibility index (Phi) is 9.33. The fourth-order valence-electron chi connectivity index (χ4n) is 3.95. The van der Waals surface area contributed by atoms with E-state index in [0.29, 0.717) is 24.5 Å².